The summed E-state index contributed by atoms with van der Waals surface area (Å²) in [6.07, 6.45) is 4.28. The molecule has 96 valence electrons. The Kier molecular flexibility index (Phi) is 3.32. The molecule has 1 aliphatic carbocycles. The lowest BCUT2D eigenvalue weighted by atomic mass is 10.0. The average Bonchev–Trinajstić information content (AvgIpc) is 3.04. The molecule has 5 heteroatoms. The molecule has 0 radical (unpaired) electrons. The maximum absolute atomic E-state index is 9.56. The van der Waals surface area contributed by atoms with Crippen molar-refractivity contribution in [1.82, 2.24) is 5.32 Å². The molecule has 0 aromatic rings. The van der Waals surface area contributed by atoms with Crippen LogP contribution >= 0.6 is 11.8 Å². The van der Waals surface area contributed by atoms with Crippen molar-refractivity contribution in [2.45, 2.75) is 56.3 Å². The van der Waals surface area contributed by atoms with Gasteiger partial charge >= 0.3 is 0 Å². The molecule has 4 nitrogen and oxygen atoms in total. The summed E-state index contributed by atoms with van der Waals surface area (Å²) in [5, 5.41) is 14.0. The molecule has 0 unspecified atom stereocenters. The first-order valence-electron chi connectivity index (χ1n) is 6.54. The first-order chi connectivity index (χ1) is 8.22. The molecule has 2 aliphatic heterocycles. The third-order valence-corrected chi connectivity index (χ3v) is 4.79. The number of aliphatic imine (C=N–C) groups is 1. The number of nitrogens with zero attached hydrogens (tertiary/aromatic N) is 1. The molecule has 2 N–H and O–H groups in total. The maximum atomic E-state index is 9.56. The topological polar surface area (TPSA) is 53.9 Å². The number of hydrogen-bond donors (Lipinski definition) is 2. The number of hydrogen-bond acceptors (Lipinski definition) is 5. The minimum Gasteiger partial charge on any atom is -0.391 e. The first kappa shape index (κ1) is 11.8. The second-order valence-corrected chi connectivity index (χ2v) is 6.39. The van der Waals surface area contributed by atoms with Crippen LogP contribution in [0.1, 0.15) is 32.6 Å². The normalized spacial score (nSPS) is 38.5. The number of ether oxygens (including phenoxy) is 1. The van der Waals surface area contributed by atoms with Crippen LogP contribution in [0.4, 0.5) is 0 Å². The Morgan fingerprint density at radius 1 is 1.47 bits per heavy atom. The minimum absolute atomic E-state index is 0.0123. The van der Waals surface area contributed by atoms with Crippen LogP contribution in [0, 0.1) is 5.92 Å². The highest BCUT2D eigenvalue weighted by atomic mass is 32.2. The summed E-state index contributed by atoms with van der Waals surface area (Å²) < 4.78 is 5.88. The number of nitrogens with one attached hydrogen (secondary N) is 1. The molecule has 1 saturated heterocycles. The zero-order chi connectivity index (χ0) is 11.8. The van der Waals surface area contributed by atoms with Gasteiger partial charge in [-0.2, -0.15) is 0 Å². The van der Waals surface area contributed by atoms with Crippen LogP contribution in [0.5, 0.6) is 0 Å². The Hall–Kier alpha value is -0.260. The van der Waals surface area contributed by atoms with Crippen molar-refractivity contribution in [3.05, 3.63) is 0 Å². The van der Waals surface area contributed by atoms with Gasteiger partial charge in [0, 0.05) is 6.54 Å². The van der Waals surface area contributed by atoms with Crippen LogP contribution < -0.4 is 5.32 Å². The van der Waals surface area contributed by atoms with E-state index in [-0.39, 0.29) is 23.7 Å². The van der Waals surface area contributed by atoms with E-state index in [0.717, 1.165) is 30.5 Å². The largest absolute Gasteiger partial charge is 0.391 e. The zero-order valence-corrected chi connectivity index (χ0v) is 10.9. The van der Waals surface area contributed by atoms with Crippen molar-refractivity contribution in [3.8, 4) is 0 Å². The molecule has 3 aliphatic rings. The molecule has 17 heavy (non-hydrogen) atoms. The highest BCUT2D eigenvalue weighted by Gasteiger charge is 2.38. The fourth-order valence-electron chi connectivity index (χ4n) is 2.32. The smallest absolute Gasteiger partial charge is 0.159 e. The van der Waals surface area contributed by atoms with Crippen LogP contribution in [-0.4, -0.2) is 40.5 Å². The van der Waals surface area contributed by atoms with Gasteiger partial charge in [-0.25, -0.2) is 0 Å². The Morgan fingerprint density at radius 2 is 2.29 bits per heavy atom. The SMILES string of the molecule is C[C@@H](O)[C@H]1CC[C@H]2N=C(NCC3CC3)S[C@H]2O1. The minimum atomic E-state index is -0.375. The van der Waals surface area contributed by atoms with Crippen LogP contribution in [0.15, 0.2) is 4.99 Å². The summed E-state index contributed by atoms with van der Waals surface area (Å²) in [4.78, 5) is 4.67. The second kappa shape index (κ2) is 4.78. The van der Waals surface area contributed by atoms with Crippen molar-refractivity contribution in [1.29, 1.82) is 0 Å². The lowest BCUT2D eigenvalue weighted by molar-refractivity contribution is -0.0729. The van der Waals surface area contributed by atoms with E-state index in [9.17, 15) is 5.11 Å². The number of fused-ring (bicyclic) bond motifs is 1. The zero-order valence-electron chi connectivity index (χ0n) is 10.1. The maximum Gasteiger partial charge on any atom is 0.159 e. The molecule has 0 bridgehead atoms. The summed E-state index contributed by atoms with van der Waals surface area (Å²) in [6, 6.07) is 0.289. The summed E-state index contributed by atoms with van der Waals surface area (Å²) in [5.74, 6) is 0.868. The van der Waals surface area contributed by atoms with E-state index in [1.807, 2.05) is 0 Å². The van der Waals surface area contributed by atoms with Crippen molar-refractivity contribution in [3.63, 3.8) is 0 Å². The van der Waals surface area contributed by atoms with E-state index < -0.39 is 0 Å². The van der Waals surface area contributed by atoms with Gasteiger partial charge in [0.25, 0.3) is 0 Å². The predicted molar refractivity (Wildman–Crippen MR) is 69.1 cm³/mol. The van der Waals surface area contributed by atoms with Gasteiger partial charge in [-0.05, 0) is 38.5 Å². The molecule has 2 heterocycles. The summed E-state index contributed by atoms with van der Waals surface area (Å²) in [7, 11) is 0. The number of amidine groups is 1. The Morgan fingerprint density at radius 3 is 3.00 bits per heavy atom. The van der Waals surface area contributed by atoms with E-state index in [1.165, 1.54) is 12.8 Å². The third-order valence-electron chi connectivity index (χ3n) is 3.66. The Balaban J connectivity index is 1.51. The van der Waals surface area contributed by atoms with Crippen LogP contribution in [0.25, 0.3) is 0 Å². The molecule has 0 spiro atoms. The van der Waals surface area contributed by atoms with E-state index >= 15 is 0 Å². The van der Waals surface area contributed by atoms with Crippen LogP contribution in [-0.2, 0) is 4.74 Å². The molecule has 0 aromatic heterocycles. The van der Waals surface area contributed by atoms with E-state index in [1.54, 1.807) is 18.7 Å². The van der Waals surface area contributed by atoms with Crippen molar-refractivity contribution < 1.29 is 9.84 Å². The van der Waals surface area contributed by atoms with Gasteiger partial charge in [0.1, 0.15) is 5.44 Å². The van der Waals surface area contributed by atoms with Gasteiger partial charge in [-0.1, -0.05) is 11.8 Å². The lowest BCUT2D eigenvalue weighted by Crippen LogP contribution is -2.39. The van der Waals surface area contributed by atoms with Gasteiger partial charge in [0.15, 0.2) is 5.17 Å². The van der Waals surface area contributed by atoms with Gasteiger partial charge in [0.2, 0.25) is 0 Å². The second-order valence-electron chi connectivity index (χ2n) is 5.30. The standard InChI is InChI=1S/C12H20N2O2S/c1-7(15)10-5-4-9-11(16-10)17-12(14-9)13-6-8-2-3-8/h7-11,15H,2-6H2,1H3,(H,13,14)/t7-,9-,10-,11-/m1/s1. The van der Waals surface area contributed by atoms with Gasteiger partial charge in [-0.3, -0.25) is 4.99 Å². The van der Waals surface area contributed by atoms with Crippen LogP contribution in [0.2, 0.25) is 0 Å². The van der Waals surface area contributed by atoms with E-state index in [4.69, 9.17) is 4.74 Å². The van der Waals surface area contributed by atoms with Gasteiger partial charge in [-0.15, -0.1) is 0 Å². The van der Waals surface area contributed by atoms with Crippen molar-refractivity contribution in [2.75, 3.05) is 6.54 Å². The number of thioether (sulfide) groups is 1. The van der Waals surface area contributed by atoms with Crippen LogP contribution in [0.3, 0.4) is 0 Å². The predicted octanol–water partition coefficient (Wildman–Crippen LogP) is 1.34. The molecule has 0 aromatic carbocycles. The number of aliphatic hydroxyl groups excluding tert-OH is 1. The monoisotopic (exact) mass is 256 g/mol. The van der Waals surface area contributed by atoms with Gasteiger partial charge < -0.3 is 15.2 Å². The lowest BCUT2D eigenvalue weighted by Gasteiger charge is -2.31. The molecule has 3 rings (SSSR count). The quantitative estimate of drug-likeness (QED) is 0.800. The van der Waals surface area contributed by atoms with Gasteiger partial charge in [0.05, 0.1) is 18.2 Å². The van der Waals surface area contributed by atoms with Crippen molar-refractivity contribution in [2.24, 2.45) is 10.9 Å². The van der Waals surface area contributed by atoms with E-state index in [0.29, 0.717) is 0 Å². The Bertz CT molecular complexity index is 318. The Labute approximate surface area is 106 Å². The highest BCUT2D eigenvalue weighted by molar-refractivity contribution is 8.14. The van der Waals surface area contributed by atoms with E-state index in [2.05, 4.69) is 10.3 Å². The molecular weight excluding hydrogens is 236 g/mol. The van der Waals surface area contributed by atoms with Crippen molar-refractivity contribution >= 4 is 16.9 Å². The molecule has 1 saturated carbocycles. The first-order valence-corrected chi connectivity index (χ1v) is 7.42. The summed E-state index contributed by atoms with van der Waals surface area (Å²) in [5.41, 5.74) is 0.116. The molecular formula is C12H20N2O2S. The number of rotatable bonds is 3. The third kappa shape index (κ3) is 2.77. The fourth-order valence-corrected chi connectivity index (χ4v) is 3.46. The average molecular weight is 256 g/mol. The molecule has 0 amide bonds. The molecule has 4 atom stereocenters. The fraction of sp³-hybridized carbons (Fsp3) is 0.917. The summed E-state index contributed by atoms with van der Waals surface area (Å²) >= 11 is 1.69. The molecule has 2 fully saturated rings. The number of aliphatic hydroxyl groups is 1. The highest BCUT2D eigenvalue weighted by Crippen LogP contribution is 2.36. The summed E-state index contributed by atoms with van der Waals surface area (Å²) in [6.45, 7) is 2.86.